The molecule has 0 unspecified atom stereocenters. The Labute approximate surface area is 142 Å². The number of aryl methyl sites for hydroxylation is 1. The molecule has 0 saturated carbocycles. The van der Waals surface area contributed by atoms with Crippen molar-refractivity contribution in [1.82, 2.24) is 9.47 Å². The van der Waals surface area contributed by atoms with E-state index in [1.807, 2.05) is 6.07 Å². The van der Waals surface area contributed by atoms with E-state index in [-0.39, 0.29) is 0 Å². The molecule has 1 aromatic heterocycles. The van der Waals surface area contributed by atoms with Gasteiger partial charge in [-0.15, -0.1) is 0 Å². The Morgan fingerprint density at radius 2 is 1.91 bits per heavy atom. The molecule has 2 aromatic carbocycles. The Morgan fingerprint density at radius 1 is 1.13 bits per heavy atom. The zero-order valence-corrected chi connectivity index (χ0v) is 14.6. The first-order valence-corrected chi connectivity index (χ1v) is 8.49. The summed E-state index contributed by atoms with van der Waals surface area (Å²) in [6.45, 7) is 4.16. The van der Waals surface area contributed by atoms with Crippen LogP contribution in [0.5, 0.6) is 0 Å². The van der Waals surface area contributed by atoms with Gasteiger partial charge >= 0.3 is 0 Å². The Morgan fingerprint density at radius 3 is 2.70 bits per heavy atom. The summed E-state index contributed by atoms with van der Waals surface area (Å²) in [7, 11) is 4.25. The van der Waals surface area contributed by atoms with Crippen molar-refractivity contribution < 1.29 is 0 Å². The molecule has 1 aliphatic heterocycles. The summed E-state index contributed by atoms with van der Waals surface area (Å²) in [5, 5.41) is 2.12. The molecule has 0 radical (unpaired) electrons. The van der Waals surface area contributed by atoms with Gasteiger partial charge in [0.15, 0.2) is 0 Å². The molecular formula is C20H21ClN2. The average Bonchev–Trinajstić information content (AvgIpc) is 3.04. The monoisotopic (exact) mass is 324 g/mol. The third-order valence-electron chi connectivity index (χ3n) is 4.87. The SMILES string of the molecule is Cc1ccc(Cl)c2c(CCN(C)C)c3n(c12)Cc1ccccc1-3. The van der Waals surface area contributed by atoms with Crippen molar-refractivity contribution in [2.75, 3.05) is 20.6 Å². The molecule has 0 aliphatic carbocycles. The molecule has 0 N–H and O–H groups in total. The van der Waals surface area contributed by atoms with Gasteiger partial charge in [-0.1, -0.05) is 41.9 Å². The summed E-state index contributed by atoms with van der Waals surface area (Å²) in [5.41, 5.74) is 8.15. The van der Waals surface area contributed by atoms with E-state index in [4.69, 9.17) is 11.6 Å². The summed E-state index contributed by atoms with van der Waals surface area (Å²) in [4.78, 5) is 2.24. The van der Waals surface area contributed by atoms with Crippen molar-refractivity contribution in [2.24, 2.45) is 0 Å². The van der Waals surface area contributed by atoms with E-state index in [2.05, 4.69) is 60.8 Å². The van der Waals surface area contributed by atoms with Crippen LogP contribution in [0.1, 0.15) is 16.7 Å². The Kier molecular flexibility index (Phi) is 3.47. The van der Waals surface area contributed by atoms with Gasteiger partial charge in [0.2, 0.25) is 0 Å². The largest absolute Gasteiger partial charge is 0.335 e. The van der Waals surface area contributed by atoms with Gasteiger partial charge in [-0.2, -0.15) is 0 Å². The highest BCUT2D eigenvalue weighted by Crippen LogP contribution is 2.44. The van der Waals surface area contributed by atoms with Gasteiger partial charge in [-0.3, -0.25) is 0 Å². The molecule has 0 fully saturated rings. The summed E-state index contributed by atoms with van der Waals surface area (Å²) in [6.07, 6.45) is 1.02. The molecule has 0 amide bonds. The van der Waals surface area contributed by atoms with Crippen molar-refractivity contribution in [3.8, 4) is 11.3 Å². The first kappa shape index (κ1) is 14.8. The molecule has 0 spiro atoms. The van der Waals surface area contributed by atoms with Crippen LogP contribution in [0.3, 0.4) is 0 Å². The Bertz CT molecular complexity index is 906. The lowest BCUT2D eigenvalue weighted by Crippen LogP contribution is -2.15. The topological polar surface area (TPSA) is 8.17 Å². The third-order valence-corrected chi connectivity index (χ3v) is 5.18. The number of hydrogen-bond donors (Lipinski definition) is 0. The quantitative estimate of drug-likeness (QED) is 0.528. The van der Waals surface area contributed by atoms with Gasteiger partial charge in [-0.05, 0) is 50.2 Å². The van der Waals surface area contributed by atoms with Crippen molar-refractivity contribution in [3.05, 3.63) is 58.1 Å². The Balaban J connectivity index is 2.04. The van der Waals surface area contributed by atoms with Crippen molar-refractivity contribution in [1.29, 1.82) is 0 Å². The van der Waals surface area contributed by atoms with Crippen LogP contribution in [0.2, 0.25) is 5.02 Å². The summed E-state index contributed by atoms with van der Waals surface area (Å²) >= 11 is 6.62. The Hall–Kier alpha value is -1.77. The third kappa shape index (κ3) is 2.20. The maximum absolute atomic E-state index is 6.62. The maximum atomic E-state index is 6.62. The molecule has 4 rings (SSSR count). The number of rotatable bonds is 3. The zero-order chi connectivity index (χ0) is 16.1. The molecule has 2 heterocycles. The number of hydrogen-bond acceptors (Lipinski definition) is 1. The maximum Gasteiger partial charge on any atom is 0.0536 e. The summed E-state index contributed by atoms with van der Waals surface area (Å²) in [5.74, 6) is 0. The van der Waals surface area contributed by atoms with E-state index in [1.165, 1.54) is 38.9 Å². The number of nitrogens with zero attached hydrogens (tertiary/aromatic N) is 2. The molecule has 0 bridgehead atoms. The van der Waals surface area contributed by atoms with Crippen LogP contribution >= 0.6 is 11.6 Å². The van der Waals surface area contributed by atoms with Crippen molar-refractivity contribution in [2.45, 2.75) is 19.9 Å². The lowest BCUT2D eigenvalue weighted by Gasteiger charge is -2.11. The predicted octanol–water partition coefficient (Wildman–Crippen LogP) is 4.74. The van der Waals surface area contributed by atoms with Gasteiger partial charge in [0, 0.05) is 24.0 Å². The van der Waals surface area contributed by atoms with E-state index >= 15 is 0 Å². The molecule has 2 nitrogen and oxygen atoms in total. The van der Waals surface area contributed by atoms with Gasteiger partial charge in [-0.25, -0.2) is 0 Å². The first-order chi connectivity index (χ1) is 11.1. The van der Waals surface area contributed by atoms with Crippen LogP contribution in [0.15, 0.2) is 36.4 Å². The number of aromatic nitrogens is 1. The van der Waals surface area contributed by atoms with E-state index in [0.717, 1.165) is 24.5 Å². The van der Waals surface area contributed by atoms with E-state index < -0.39 is 0 Å². The fourth-order valence-electron chi connectivity index (χ4n) is 3.80. The lowest BCUT2D eigenvalue weighted by atomic mass is 9.99. The van der Waals surface area contributed by atoms with Crippen molar-refractivity contribution >= 4 is 22.5 Å². The second-order valence-electron chi connectivity index (χ2n) is 6.71. The number of fused-ring (bicyclic) bond motifs is 5. The molecule has 3 heteroatoms. The fourth-order valence-corrected chi connectivity index (χ4v) is 4.07. The van der Waals surface area contributed by atoms with Gasteiger partial charge in [0.25, 0.3) is 0 Å². The highest BCUT2D eigenvalue weighted by Gasteiger charge is 2.27. The van der Waals surface area contributed by atoms with Gasteiger partial charge in [0.05, 0.1) is 16.2 Å². The summed E-state index contributed by atoms with van der Waals surface area (Å²) in [6, 6.07) is 12.9. The van der Waals surface area contributed by atoms with Gasteiger partial charge < -0.3 is 9.47 Å². The second-order valence-corrected chi connectivity index (χ2v) is 7.12. The van der Waals surface area contributed by atoms with Crippen LogP contribution in [0.25, 0.3) is 22.2 Å². The zero-order valence-electron chi connectivity index (χ0n) is 13.9. The first-order valence-electron chi connectivity index (χ1n) is 8.11. The number of benzene rings is 2. The predicted molar refractivity (Wildman–Crippen MR) is 98.5 cm³/mol. The lowest BCUT2D eigenvalue weighted by molar-refractivity contribution is 0.414. The van der Waals surface area contributed by atoms with E-state index in [0.29, 0.717) is 0 Å². The van der Waals surface area contributed by atoms with Crippen LogP contribution in [0, 0.1) is 6.92 Å². The standard InChI is InChI=1S/C20H21ClN2/c1-13-8-9-17(21)18-16(10-11-22(2)3)20-15-7-5-4-6-14(15)12-23(20)19(13)18/h4-9H,10-12H2,1-3H3. The number of halogens is 1. The van der Waals surface area contributed by atoms with E-state index in [1.54, 1.807) is 0 Å². The smallest absolute Gasteiger partial charge is 0.0536 e. The minimum atomic E-state index is 0.874. The van der Waals surface area contributed by atoms with Crippen molar-refractivity contribution in [3.63, 3.8) is 0 Å². The molecule has 23 heavy (non-hydrogen) atoms. The van der Waals surface area contributed by atoms with E-state index in [9.17, 15) is 0 Å². The molecule has 0 atom stereocenters. The van der Waals surface area contributed by atoms with Crippen LogP contribution in [-0.2, 0) is 13.0 Å². The average molecular weight is 325 g/mol. The van der Waals surface area contributed by atoms with Crippen LogP contribution in [0.4, 0.5) is 0 Å². The van der Waals surface area contributed by atoms with Gasteiger partial charge in [0.1, 0.15) is 0 Å². The summed E-state index contributed by atoms with van der Waals surface area (Å²) < 4.78 is 2.46. The van der Waals surface area contributed by atoms with Crippen LogP contribution < -0.4 is 0 Å². The molecule has 0 saturated heterocycles. The number of likely N-dealkylation sites (N-methyl/N-ethyl adjacent to an activating group) is 1. The minimum Gasteiger partial charge on any atom is -0.335 e. The fraction of sp³-hybridized carbons (Fsp3) is 0.300. The molecular weight excluding hydrogens is 304 g/mol. The van der Waals surface area contributed by atoms with Crippen LogP contribution in [-0.4, -0.2) is 30.1 Å². The minimum absolute atomic E-state index is 0.874. The molecule has 1 aliphatic rings. The second kappa shape index (κ2) is 5.40. The molecule has 3 aromatic rings. The highest BCUT2D eigenvalue weighted by molar-refractivity contribution is 6.36. The molecule has 118 valence electrons. The highest BCUT2D eigenvalue weighted by atomic mass is 35.5. The normalized spacial score (nSPS) is 12.9.